The Bertz CT molecular complexity index is 7010. The fourth-order valence-corrected chi connectivity index (χ4v) is 14.2. The summed E-state index contributed by atoms with van der Waals surface area (Å²) in [6.07, 6.45) is 19.7. The molecule has 41 heteroatoms. The van der Waals surface area contributed by atoms with E-state index in [2.05, 4.69) is 123 Å². The number of pyridine rings is 6. The maximum atomic E-state index is 13.3. The van der Waals surface area contributed by atoms with E-state index in [1.807, 2.05) is 97.1 Å². The molecular formula is C104H95ClF4N24O12. The largest absolute Gasteiger partial charge is 0.394 e. The number of rotatable bonds is 30. The zero-order chi connectivity index (χ0) is 103. The first-order valence-corrected chi connectivity index (χ1v) is 44.9. The number of amides is 6. The number of aliphatic hydroxyl groups excluding tert-OH is 5. The van der Waals surface area contributed by atoms with Crippen molar-refractivity contribution in [2.75, 3.05) is 33.0 Å². The molecule has 12 heterocycles. The summed E-state index contributed by atoms with van der Waals surface area (Å²) in [5, 5.41) is 116. The summed E-state index contributed by atoms with van der Waals surface area (Å²) < 4.78 is 52.9. The van der Waals surface area contributed by atoms with Crippen molar-refractivity contribution in [2.24, 2.45) is 0 Å². The van der Waals surface area contributed by atoms with Gasteiger partial charge in [0.15, 0.2) is 0 Å². The number of H-pyrrole nitrogens is 6. The molecule has 6 atom stereocenters. The summed E-state index contributed by atoms with van der Waals surface area (Å²) in [6, 6.07) is 67.2. The first kappa shape index (κ1) is 104. The minimum Gasteiger partial charge on any atom is -0.394 e. The van der Waals surface area contributed by atoms with E-state index in [1.165, 1.54) is 48.5 Å². The van der Waals surface area contributed by atoms with Crippen LogP contribution in [0.5, 0.6) is 0 Å². The van der Waals surface area contributed by atoms with Gasteiger partial charge in [-0.05, 0) is 205 Å². The summed E-state index contributed by atoms with van der Waals surface area (Å²) >= 11 is 5.85. The third-order valence-electron chi connectivity index (χ3n) is 21.6. The standard InChI is InChI=1S/C19H20N4O2.C17H15ClN4O2.C17H14F2N4O2.2C17H15FN4O2.C17H16N4O2/c1-19(2,25)17(14-6-4-3-5-7-14)21-18(24)16-12-15(22-23-16)13-8-10-20-11-9-13;18-13-3-1-11(2-4-13)16(10-23)20-17(24)15-9-14(21-22-15)12-5-7-19-8-6-12;18-12-5-11(6-13(19)7-12)16(9-24)21-17(25)15-8-14(22-23-15)10-1-3-20-4-2-10;18-13-3-1-11(2-4-13)16(10-23)20-17(24)15-9-14(21-22-15)12-5-7-19-8-6-12;18-13-3-1-2-12(8-13)16(10-23)20-17(24)15-9-14(21-22-15)11-4-6-19-7-5-11;22-11-16(12-4-2-1-3-5-12)19-17(23)15-10-14(20-21-15)13-6-8-18-9-7-13/h3-12,17,25H,1-2H3,(H,21,24)(H,22,23);1-9,16,23H,10H2,(H,20,24)(H,21,22);1-8,16,24H,9H2,(H,21,25)(H,22,23);2*1-9,16,23H,10H2,(H,20,24)(H,21,22);1-10,16,22H,11H2,(H,19,23)(H,20,21). The number of nitrogens with one attached hydrogen (secondary N) is 12. The minimum absolute atomic E-state index is 0.127. The fourth-order valence-electron chi connectivity index (χ4n) is 14.1. The summed E-state index contributed by atoms with van der Waals surface area (Å²) in [5.74, 6) is -4.79. The van der Waals surface area contributed by atoms with Crippen LogP contribution in [0.1, 0.15) is 146 Å². The van der Waals surface area contributed by atoms with Gasteiger partial charge in [0.2, 0.25) is 0 Å². The third kappa shape index (κ3) is 30.1. The van der Waals surface area contributed by atoms with Crippen molar-refractivity contribution in [2.45, 2.75) is 55.7 Å². The summed E-state index contributed by atoms with van der Waals surface area (Å²) in [5.41, 5.74) is 13.0. The summed E-state index contributed by atoms with van der Waals surface area (Å²) in [7, 11) is 0. The van der Waals surface area contributed by atoms with Crippen molar-refractivity contribution in [3.8, 4) is 67.5 Å². The molecule has 36 nitrogen and oxygen atoms in total. The first-order chi connectivity index (χ1) is 70.3. The smallest absolute Gasteiger partial charge is 0.269 e. The predicted octanol–water partition coefficient (Wildman–Crippen LogP) is 13.6. The zero-order valence-corrected chi connectivity index (χ0v) is 77.9. The van der Waals surface area contributed by atoms with E-state index in [4.69, 9.17) is 11.6 Å². The Labute approximate surface area is 829 Å². The Morgan fingerprint density at radius 2 is 0.503 bits per heavy atom. The molecule has 738 valence electrons. The van der Waals surface area contributed by atoms with Gasteiger partial charge < -0.3 is 62.5 Å². The molecular weight excluding hydrogens is 1890 g/mol. The SMILES string of the molecule is CC(C)(O)C(NC(=O)c1cc(-c2ccncc2)n[nH]1)c1ccccc1.O=C(NC(CO)c1cc(F)cc(F)c1)c1cc(-c2ccncc2)n[nH]1.O=C(NC(CO)c1ccc(Cl)cc1)c1cc(-c2ccncc2)n[nH]1.O=C(NC(CO)c1ccc(F)cc1)c1cc(-c2ccncc2)n[nH]1.O=C(NC(CO)c1cccc(F)c1)c1cc(-c2ccncc2)n[nH]1.O=C(NC(CO)c1ccccc1)c1cc(-c2ccncc2)n[nH]1. The van der Waals surface area contributed by atoms with Crippen molar-refractivity contribution in [3.05, 3.63) is 431 Å². The number of hydrogen-bond acceptors (Lipinski definition) is 24. The van der Waals surface area contributed by atoms with Crippen LogP contribution in [0.4, 0.5) is 17.6 Å². The average molecular weight is 1980 g/mol. The monoisotopic (exact) mass is 1980 g/mol. The van der Waals surface area contributed by atoms with E-state index in [1.54, 1.807) is 185 Å². The number of nitrogens with zero attached hydrogens (tertiary/aromatic N) is 12. The van der Waals surface area contributed by atoms with E-state index in [0.717, 1.165) is 68.3 Å². The Hall–Kier alpha value is -17.9. The van der Waals surface area contributed by atoms with Crippen LogP contribution in [0.25, 0.3) is 67.5 Å². The molecule has 6 aromatic carbocycles. The van der Waals surface area contributed by atoms with Gasteiger partial charge in [0, 0.05) is 119 Å². The van der Waals surface area contributed by atoms with Gasteiger partial charge in [-0.15, -0.1) is 0 Å². The number of carbonyl (C=O) groups excluding carboxylic acids is 6. The summed E-state index contributed by atoms with van der Waals surface area (Å²) in [6.45, 7) is 1.77. The van der Waals surface area contributed by atoms with E-state index >= 15 is 0 Å². The van der Waals surface area contributed by atoms with Gasteiger partial charge in [0.25, 0.3) is 35.4 Å². The number of benzene rings is 6. The molecule has 6 amide bonds. The molecule has 0 saturated carbocycles. The molecule has 0 radical (unpaired) electrons. The Kier molecular flexibility index (Phi) is 37.3. The molecule has 0 aliphatic carbocycles. The van der Waals surface area contributed by atoms with Crippen LogP contribution < -0.4 is 31.9 Å². The van der Waals surface area contributed by atoms with Crippen molar-refractivity contribution in [1.82, 2.24) is 123 Å². The highest BCUT2D eigenvalue weighted by Crippen LogP contribution is 2.30. The number of aliphatic hydroxyl groups is 6. The molecule has 0 bridgehead atoms. The van der Waals surface area contributed by atoms with Gasteiger partial charge >= 0.3 is 0 Å². The lowest BCUT2D eigenvalue weighted by Crippen LogP contribution is -2.42. The quantitative estimate of drug-likeness (QED) is 0.0186. The normalized spacial score (nSPS) is 12.0. The van der Waals surface area contributed by atoms with Crippen LogP contribution in [-0.4, -0.2) is 196 Å². The lowest BCUT2D eigenvalue weighted by Gasteiger charge is -2.30. The Balaban J connectivity index is 0.000000146. The highest BCUT2D eigenvalue weighted by Gasteiger charge is 2.32. The van der Waals surface area contributed by atoms with Crippen LogP contribution in [0, 0.1) is 23.3 Å². The zero-order valence-electron chi connectivity index (χ0n) is 77.1. The molecule has 145 heavy (non-hydrogen) atoms. The molecule has 6 unspecified atom stereocenters. The van der Waals surface area contributed by atoms with Crippen molar-refractivity contribution in [1.29, 1.82) is 0 Å². The molecule has 0 aliphatic rings. The van der Waals surface area contributed by atoms with E-state index < -0.39 is 83.6 Å². The number of aromatic amines is 6. The number of carbonyl (C=O) groups is 6. The Morgan fingerprint density at radius 3 is 0.772 bits per heavy atom. The number of halogens is 5. The van der Waals surface area contributed by atoms with Gasteiger partial charge in [-0.3, -0.25) is 89.3 Å². The lowest BCUT2D eigenvalue weighted by molar-refractivity contribution is 0.0342. The van der Waals surface area contributed by atoms with Gasteiger partial charge in [0.05, 0.1) is 109 Å². The third-order valence-corrected chi connectivity index (χ3v) is 21.9. The van der Waals surface area contributed by atoms with Crippen molar-refractivity contribution >= 4 is 47.0 Å². The van der Waals surface area contributed by atoms with Gasteiger partial charge in [-0.1, -0.05) is 109 Å². The predicted molar refractivity (Wildman–Crippen MR) is 527 cm³/mol. The fraction of sp³-hybridized carbons (Fsp3) is 0.135. The van der Waals surface area contributed by atoms with Crippen LogP contribution in [0.2, 0.25) is 5.02 Å². The second kappa shape index (κ2) is 51.8. The Morgan fingerprint density at radius 1 is 0.269 bits per heavy atom. The molecule has 0 aliphatic heterocycles. The first-order valence-electron chi connectivity index (χ1n) is 44.5. The molecule has 0 fully saturated rings. The number of hydrogen-bond donors (Lipinski definition) is 18. The number of aromatic nitrogens is 18. The maximum Gasteiger partial charge on any atom is 0.269 e. The highest BCUT2D eigenvalue weighted by molar-refractivity contribution is 6.30. The van der Waals surface area contributed by atoms with Crippen LogP contribution in [0.3, 0.4) is 0 Å². The van der Waals surface area contributed by atoms with Gasteiger partial charge in [-0.25, -0.2) is 17.6 Å². The van der Waals surface area contributed by atoms with Crippen molar-refractivity contribution in [3.63, 3.8) is 0 Å². The molecule has 18 N–H and O–H groups in total. The second-order valence-corrected chi connectivity index (χ2v) is 32.6. The average Bonchev–Trinajstić information content (AvgIpc) is 1.28. The highest BCUT2D eigenvalue weighted by atomic mass is 35.5. The van der Waals surface area contributed by atoms with Crippen LogP contribution in [-0.2, 0) is 0 Å². The summed E-state index contributed by atoms with van der Waals surface area (Å²) in [4.78, 5) is 97.9. The second-order valence-electron chi connectivity index (χ2n) is 32.2. The van der Waals surface area contributed by atoms with E-state index in [9.17, 15) is 77.0 Å². The van der Waals surface area contributed by atoms with Crippen molar-refractivity contribution < 1.29 is 77.0 Å². The van der Waals surface area contributed by atoms with Crippen LogP contribution >= 0.6 is 11.6 Å². The molecule has 0 saturated heterocycles. The van der Waals surface area contributed by atoms with E-state index in [-0.39, 0.29) is 72.6 Å². The van der Waals surface area contributed by atoms with Gasteiger partial charge in [-0.2, -0.15) is 30.6 Å². The minimum atomic E-state index is -1.12. The lowest BCUT2D eigenvalue weighted by atomic mass is 9.92. The topological polar surface area (TPSA) is 545 Å². The van der Waals surface area contributed by atoms with Gasteiger partial charge in [0.1, 0.15) is 57.4 Å². The van der Waals surface area contributed by atoms with Crippen LogP contribution in [0.15, 0.2) is 335 Å². The van der Waals surface area contributed by atoms with E-state index in [0.29, 0.717) is 67.4 Å². The molecule has 12 aromatic heterocycles. The molecule has 18 aromatic rings. The maximum absolute atomic E-state index is 13.3. The molecule has 18 rings (SSSR count). The molecule has 0 spiro atoms.